The highest BCUT2D eigenvalue weighted by atomic mass is 16.4. The SMILES string of the molecule is CC(C)(C)c1cc(NCCCC(=O)O)ncn1. The Kier molecular flexibility index (Phi) is 4.43. The zero-order valence-electron chi connectivity index (χ0n) is 10.5. The fourth-order valence-corrected chi connectivity index (χ4v) is 1.32. The van der Waals surface area contributed by atoms with Gasteiger partial charge in [-0.2, -0.15) is 0 Å². The van der Waals surface area contributed by atoms with Gasteiger partial charge in [0.25, 0.3) is 0 Å². The van der Waals surface area contributed by atoms with Gasteiger partial charge in [-0.1, -0.05) is 20.8 Å². The van der Waals surface area contributed by atoms with Crippen LogP contribution in [0.25, 0.3) is 0 Å². The highest BCUT2D eigenvalue weighted by molar-refractivity contribution is 5.66. The summed E-state index contributed by atoms with van der Waals surface area (Å²) in [5.74, 6) is -0.0276. The van der Waals surface area contributed by atoms with Crippen LogP contribution in [0.3, 0.4) is 0 Å². The predicted octanol–water partition coefficient (Wildman–Crippen LogP) is 2.05. The first-order valence-electron chi connectivity index (χ1n) is 5.68. The fourth-order valence-electron chi connectivity index (χ4n) is 1.32. The van der Waals surface area contributed by atoms with E-state index < -0.39 is 5.97 Å². The second kappa shape index (κ2) is 5.61. The second-order valence-electron chi connectivity index (χ2n) is 4.96. The van der Waals surface area contributed by atoms with Crippen LogP contribution in [0.5, 0.6) is 0 Å². The summed E-state index contributed by atoms with van der Waals surface area (Å²) in [6.45, 7) is 6.86. The summed E-state index contributed by atoms with van der Waals surface area (Å²) in [7, 11) is 0. The molecule has 0 atom stereocenters. The van der Waals surface area contributed by atoms with Crippen molar-refractivity contribution in [3.05, 3.63) is 18.1 Å². The number of rotatable bonds is 5. The number of hydrogen-bond acceptors (Lipinski definition) is 4. The number of nitrogens with one attached hydrogen (secondary N) is 1. The molecule has 1 aromatic heterocycles. The van der Waals surface area contributed by atoms with Gasteiger partial charge in [-0.3, -0.25) is 4.79 Å². The van der Waals surface area contributed by atoms with E-state index in [-0.39, 0.29) is 11.8 Å². The quantitative estimate of drug-likeness (QED) is 0.766. The average Bonchev–Trinajstić information content (AvgIpc) is 2.23. The minimum atomic E-state index is -0.773. The average molecular weight is 237 g/mol. The smallest absolute Gasteiger partial charge is 0.303 e. The molecule has 5 heteroatoms. The van der Waals surface area contributed by atoms with Crippen molar-refractivity contribution in [3.63, 3.8) is 0 Å². The molecule has 1 heterocycles. The zero-order valence-corrected chi connectivity index (χ0v) is 10.5. The molecule has 2 N–H and O–H groups in total. The Labute approximate surface area is 101 Å². The maximum atomic E-state index is 10.3. The van der Waals surface area contributed by atoms with Gasteiger partial charge in [0.2, 0.25) is 0 Å². The summed E-state index contributed by atoms with van der Waals surface area (Å²) in [5.41, 5.74) is 0.953. The molecular weight excluding hydrogens is 218 g/mol. The van der Waals surface area contributed by atoms with Gasteiger partial charge in [-0.05, 0) is 6.42 Å². The van der Waals surface area contributed by atoms with Crippen molar-refractivity contribution in [2.24, 2.45) is 0 Å². The monoisotopic (exact) mass is 237 g/mol. The molecule has 94 valence electrons. The Hall–Kier alpha value is -1.65. The second-order valence-corrected chi connectivity index (χ2v) is 4.96. The summed E-state index contributed by atoms with van der Waals surface area (Å²) in [5, 5.41) is 11.6. The van der Waals surface area contributed by atoms with E-state index in [0.717, 1.165) is 11.5 Å². The van der Waals surface area contributed by atoms with Gasteiger partial charge in [-0.15, -0.1) is 0 Å². The molecule has 0 aliphatic rings. The van der Waals surface area contributed by atoms with Crippen molar-refractivity contribution in [2.45, 2.75) is 39.0 Å². The summed E-state index contributed by atoms with van der Waals surface area (Å²) < 4.78 is 0. The number of nitrogens with zero attached hydrogens (tertiary/aromatic N) is 2. The first kappa shape index (κ1) is 13.4. The van der Waals surface area contributed by atoms with Crippen LogP contribution in [0.4, 0.5) is 5.82 Å². The number of carbonyl (C=O) groups is 1. The Morgan fingerprint density at radius 3 is 2.71 bits per heavy atom. The van der Waals surface area contributed by atoms with Crippen LogP contribution in [-0.4, -0.2) is 27.6 Å². The standard InChI is InChI=1S/C12H19N3O2/c1-12(2,3)9-7-10(15-8-14-9)13-6-4-5-11(16)17/h7-8H,4-6H2,1-3H3,(H,16,17)(H,13,14,15). The molecule has 0 unspecified atom stereocenters. The van der Waals surface area contributed by atoms with Crippen LogP contribution in [0, 0.1) is 0 Å². The van der Waals surface area contributed by atoms with E-state index in [4.69, 9.17) is 5.11 Å². The van der Waals surface area contributed by atoms with E-state index in [0.29, 0.717) is 13.0 Å². The van der Waals surface area contributed by atoms with Crippen LogP contribution in [0.2, 0.25) is 0 Å². The Morgan fingerprint density at radius 1 is 1.41 bits per heavy atom. The number of carboxylic acid groups (broad SMARTS) is 1. The largest absolute Gasteiger partial charge is 0.481 e. The summed E-state index contributed by atoms with van der Waals surface area (Å²) >= 11 is 0. The van der Waals surface area contributed by atoms with Crippen LogP contribution < -0.4 is 5.32 Å². The molecule has 0 aliphatic carbocycles. The molecule has 1 aromatic rings. The van der Waals surface area contributed by atoms with Crippen molar-refractivity contribution in [3.8, 4) is 0 Å². The van der Waals surface area contributed by atoms with Crippen LogP contribution in [-0.2, 0) is 10.2 Å². The fraction of sp³-hybridized carbons (Fsp3) is 0.583. The lowest BCUT2D eigenvalue weighted by Crippen LogP contribution is -2.15. The molecule has 0 radical (unpaired) electrons. The number of aromatic nitrogens is 2. The molecule has 0 bridgehead atoms. The Bertz CT molecular complexity index is 386. The van der Waals surface area contributed by atoms with Gasteiger partial charge in [0.05, 0.1) is 5.69 Å². The molecule has 5 nitrogen and oxygen atoms in total. The Balaban J connectivity index is 2.52. The van der Waals surface area contributed by atoms with E-state index in [1.807, 2.05) is 6.07 Å². The first-order valence-corrected chi connectivity index (χ1v) is 5.68. The molecule has 0 fully saturated rings. The highest BCUT2D eigenvalue weighted by Gasteiger charge is 2.15. The lowest BCUT2D eigenvalue weighted by atomic mass is 9.92. The van der Waals surface area contributed by atoms with E-state index in [2.05, 4.69) is 36.1 Å². The normalized spacial score (nSPS) is 11.2. The van der Waals surface area contributed by atoms with E-state index in [1.54, 1.807) is 0 Å². The van der Waals surface area contributed by atoms with Gasteiger partial charge < -0.3 is 10.4 Å². The molecule has 0 amide bonds. The zero-order chi connectivity index (χ0) is 12.9. The molecule has 17 heavy (non-hydrogen) atoms. The van der Waals surface area contributed by atoms with E-state index >= 15 is 0 Å². The molecule has 0 saturated heterocycles. The van der Waals surface area contributed by atoms with Gasteiger partial charge >= 0.3 is 5.97 Å². The maximum absolute atomic E-state index is 10.3. The number of hydrogen-bond donors (Lipinski definition) is 2. The van der Waals surface area contributed by atoms with Gasteiger partial charge in [-0.25, -0.2) is 9.97 Å². The molecular formula is C12H19N3O2. The van der Waals surface area contributed by atoms with Crippen molar-refractivity contribution >= 4 is 11.8 Å². The third kappa shape index (κ3) is 4.80. The summed E-state index contributed by atoms with van der Waals surface area (Å²) in [6.07, 6.45) is 2.29. The van der Waals surface area contributed by atoms with E-state index in [1.165, 1.54) is 6.33 Å². The lowest BCUT2D eigenvalue weighted by Gasteiger charge is -2.17. The van der Waals surface area contributed by atoms with E-state index in [9.17, 15) is 4.79 Å². The minimum absolute atomic E-state index is 0.0135. The van der Waals surface area contributed by atoms with Gasteiger partial charge in [0.15, 0.2) is 0 Å². The molecule has 0 spiro atoms. The highest BCUT2D eigenvalue weighted by Crippen LogP contribution is 2.20. The summed E-state index contributed by atoms with van der Waals surface area (Å²) in [6, 6.07) is 1.90. The lowest BCUT2D eigenvalue weighted by molar-refractivity contribution is -0.137. The topological polar surface area (TPSA) is 75.1 Å². The third-order valence-corrected chi connectivity index (χ3v) is 2.31. The van der Waals surface area contributed by atoms with Crippen molar-refractivity contribution in [2.75, 3.05) is 11.9 Å². The van der Waals surface area contributed by atoms with Crippen molar-refractivity contribution in [1.29, 1.82) is 0 Å². The van der Waals surface area contributed by atoms with Gasteiger partial charge in [0.1, 0.15) is 12.1 Å². The Morgan fingerprint density at radius 2 is 2.12 bits per heavy atom. The third-order valence-electron chi connectivity index (χ3n) is 2.31. The predicted molar refractivity (Wildman–Crippen MR) is 66.1 cm³/mol. The van der Waals surface area contributed by atoms with Crippen molar-refractivity contribution < 1.29 is 9.90 Å². The molecule has 0 aromatic carbocycles. The molecule has 1 rings (SSSR count). The number of carboxylic acids is 1. The molecule has 0 aliphatic heterocycles. The number of anilines is 1. The molecule has 0 saturated carbocycles. The number of aliphatic carboxylic acids is 1. The minimum Gasteiger partial charge on any atom is -0.481 e. The van der Waals surface area contributed by atoms with Crippen LogP contribution >= 0.6 is 0 Å². The van der Waals surface area contributed by atoms with Gasteiger partial charge in [0, 0.05) is 24.4 Å². The first-order chi connectivity index (χ1) is 7.89. The maximum Gasteiger partial charge on any atom is 0.303 e. The van der Waals surface area contributed by atoms with Crippen LogP contribution in [0.15, 0.2) is 12.4 Å². The van der Waals surface area contributed by atoms with Crippen molar-refractivity contribution in [1.82, 2.24) is 9.97 Å². The van der Waals surface area contributed by atoms with Crippen LogP contribution in [0.1, 0.15) is 39.3 Å². The summed E-state index contributed by atoms with van der Waals surface area (Å²) in [4.78, 5) is 18.7.